The highest BCUT2D eigenvalue weighted by Crippen LogP contribution is 2.41. The molecule has 63 heavy (non-hydrogen) atoms. The smallest absolute Gasteiger partial charge is 0.168 e. The van der Waals surface area contributed by atoms with E-state index in [2.05, 4.69) is 101 Å². The first-order chi connectivity index (χ1) is 30.6. The topological polar surface area (TPSA) is 108 Å². The van der Waals surface area contributed by atoms with Gasteiger partial charge in [0.2, 0.25) is 0 Å². The Morgan fingerprint density at radius 1 is 0.730 bits per heavy atom. The Kier molecular flexibility index (Phi) is 16.6. The molecule has 0 amide bonds. The number of anilines is 1. The molecule has 1 N–H and O–H groups in total. The highest BCUT2D eigenvalue weighted by atomic mass is 16.5. The molecule has 0 fully saturated rings. The van der Waals surface area contributed by atoms with Gasteiger partial charge in [-0.2, -0.15) is 0 Å². The summed E-state index contributed by atoms with van der Waals surface area (Å²) in [5, 5.41) is 3.36. The van der Waals surface area contributed by atoms with Crippen LogP contribution in [0.3, 0.4) is 0 Å². The van der Waals surface area contributed by atoms with Gasteiger partial charge in [0.25, 0.3) is 0 Å². The van der Waals surface area contributed by atoms with Crippen molar-refractivity contribution in [2.24, 2.45) is 33.7 Å². The summed E-state index contributed by atoms with van der Waals surface area (Å²) < 4.78 is 24.0. The van der Waals surface area contributed by atoms with Crippen molar-refractivity contribution in [3.8, 4) is 23.0 Å². The zero-order valence-corrected chi connectivity index (χ0v) is 38.5. The van der Waals surface area contributed by atoms with Gasteiger partial charge in [-0.3, -0.25) is 19.6 Å². The van der Waals surface area contributed by atoms with Gasteiger partial charge in [0.1, 0.15) is 0 Å². The molecule has 6 rings (SSSR count). The second-order valence-corrected chi connectivity index (χ2v) is 16.6. The van der Waals surface area contributed by atoms with Crippen molar-refractivity contribution in [1.29, 1.82) is 0 Å². The first-order valence-electron chi connectivity index (χ1n) is 22.7. The second kappa shape index (κ2) is 22.4. The molecular weight excluding hydrogens is 787 g/mol. The normalized spacial score (nSPS) is 19.2. The molecule has 332 valence electrons. The minimum absolute atomic E-state index is 0.0392. The van der Waals surface area contributed by atoms with E-state index in [9.17, 15) is 9.59 Å². The molecule has 0 aromatic heterocycles. The summed E-state index contributed by atoms with van der Waals surface area (Å²) in [5.41, 5.74) is 9.51. The van der Waals surface area contributed by atoms with Gasteiger partial charge in [-0.05, 0) is 117 Å². The lowest BCUT2D eigenvalue weighted by atomic mass is 9.76. The number of benzene rings is 4. The summed E-state index contributed by atoms with van der Waals surface area (Å²) >= 11 is 0. The largest absolute Gasteiger partial charge is 0.493 e. The number of fused-ring (bicyclic) bond motifs is 2. The number of Topliss-reactive ketones (excluding diaryl/α,β-unsaturated/α-hetero) is 2. The lowest BCUT2D eigenvalue weighted by Gasteiger charge is -2.29. The Morgan fingerprint density at radius 3 is 1.89 bits per heavy atom. The number of carbonyl (C=O) groups excluding carboxylic acids is 2. The molecular formula is C54H65N3O6. The van der Waals surface area contributed by atoms with Crippen molar-refractivity contribution in [3.63, 3.8) is 0 Å². The molecule has 2 aliphatic heterocycles. The fraction of sp³-hybridized carbons (Fsp3) is 0.407. The lowest BCUT2D eigenvalue weighted by Crippen LogP contribution is -2.28. The van der Waals surface area contributed by atoms with Crippen LogP contribution >= 0.6 is 0 Å². The van der Waals surface area contributed by atoms with Gasteiger partial charge in [0.15, 0.2) is 34.6 Å². The van der Waals surface area contributed by atoms with Crippen molar-refractivity contribution >= 4 is 52.2 Å². The molecule has 0 spiro atoms. The van der Waals surface area contributed by atoms with Crippen LogP contribution in [0.4, 0.5) is 17.1 Å². The molecule has 4 atom stereocenters. The van der Waals surface area contributed by atoms with Gasteiger partial charge < -0.3 is 24.3 Å². The van der Waals surface area contributed by atoms with E-state index in [1.165, 1.54) is 22.3 Å². The summed E-state index contributed by atoms with van der Waals surface area (Å²) in [7, 11) is 3.16. The molecule has 2 aliphatic rings. The Hall–Kier alpha value is -5.96. The molecule has 4 aromatic rings. The number of methoxy groups -OCH3 is 2. The van der Waals surface area contributed by atoms with E-state index in [0.29, 0.717) is 71.6 Å². The third kappa shape index (κ3) is 11.5. The summed E-state index contributed by atoms with van der Waals surface area (Å²) in [6.07, 6.45) is 13.6. The van der Waals surface area contributed by atoms with Crippen LogP contribution in [0.15, 0.2) is 94.9 Å². The van der Waals surface area contributed by atoms with Crippen LogP contribution in [0.2, 0.25) is 0 Å². The average Bonchev–Trinajstić information content (AvgIpc) is 3.38. The predicted molar refractivity (Wildman–Crippen MR) is 259 cm³/mol. The highest BCUT2D eigenvalue weighted by molar-refractivity contribution is 6.04. The number of rotatable bonds is 17. The Labute approximate surface area is 374 Å². The monoisotopic (exact) mass is 851 g/mol. The van der Waals surface area contributed by atoms with Crippen LogP contribution < -0.4 is 24.3 Å². The molecule has 0 saturated heterocycles. The second-order valence-electron chi connectivity index (χ2n) is 16.6. The molecule has 0 saturated carbocycles. The minimum Gasteiger partial charge on any atom is -0.493 e. The summed E-state index contributed by atoms with van der Waals surface area (Å²) in [6.45, 7) is 14.1. The summed E-state index contributed by atoms with van der Waals surface area (Å²) in [5.74, 6) is 2.12. The number of ether oxygens (including phenoxy) is 4. The minimum atomic E-state index is -0.229. The molecule has 4 aromatic carbocycles. The van der Waals surface area contributed by atoms with Gasteiger partial charge in [-0.15, -0.1) is 0 Å². The van der Waals surface area contributed by atoms with Crippen molar-refractivity contribution in [2.75, 3.05) is 39.3 Å². The number of aryl methyl sites for hydroxylation is 1. The van der Waals surface area contributed by atoms with Gasteiger partial charge in [0, 0.05) is 72.6 Å². The number of aliphatic imine (C=N–C) groups is 2. The Morgan fingerprint density at radius 2 is 1.30 bits per heavy atom. The maximum absolute atomic E-state index is 14.0. The van der Waals surface area contributed by atoms with E-state index in [1.54, 1.807) is 26.4 Å². The zero-order chi connectivity index (χ0) is 44.9. The van der Waals surface area contributed by atoms with E-state index in [-0.39, 0.29) is 35.2 Å². The first-order valence-corrected chi connectivity index (χ1v) is 22.7. The van der Waals surface area contributed by atoms with Gasteiger partial charge in [0.05, 0.1) is 38.8 Å². The fourth-order valence-corrected chi connectivity index (χ4v) is 8.48. The van der Waals surface area contributed by atoms with Crippen LogP contribution in [0.5, 0.6) is 23.0 Å². The predicted octanol–water partition coefficient (Wildman–Crippen LogP) is 13.0. The van der Waals surface area contributed by atoms with E-state index < -0.39 is 0 Å². The number of ketones is 2. The molecule has 9 heteroatoms. The lowest BCUT2D eigenvalue weighted by molar-refractivity contribution is 0.0878. The number of nitrogens with one attached hydrogen (secondary N) is 1. The number of allylic oxidation sites excluding steroid dienone is 4. The molecule has 4 unspecified atom stereocenters. The maximum atomic E-state index is 14.0. The van der Waals surface area contributed by atoms with Gasteiger partial charge in [-0.25, -0.2) is 0 Å². The molecule has 2 heterocycles. The SMILES string of the molecule is C/C=C(\CC1C=Nc2cc(OCCCOc3cc4c(cc3OC)C(=O)C(C)C(C)C(C/C(=C\C)c3ccc(NCC)cc3)C=N4)c(OC)cc2C(=O)CCC1)c1ccc(CC)cc1. The fourth-order valence-electron chi connectivity index (χ4n) is 8.48. The van der Waals surface area contributed by atoms with Crippen LogP contribution in [-0.2, 0) is 6.42 Å². The van der Waals surface area contributed by atoms with Crippen molar-refractivity contribution in [2.45, 2.75) is 86.5 Å². The Bertz CT molecular complexity index is 2320. The molecule has 0 bridgehead atoms. The van der Waals surface area contributed by atoms with E-state index in [4.69, 9.17) is 28.9 Å². The van der Waals surface area contributed by atoms with Crippen molar-refractivity contribution in [1.82, 2.24) is 0 Å². The van der Waals surface area contributed by atoms with Crippen LogP contribution in [0.25, 0.3) is 11.1 Å². The van der Waals surface area contributed by atoms with E-state index in [0.717, 1.165) is 49.9 Å². The number of carbonyl (C=O) groups is 2. The van der Waals surface area contributed by atoms with Gasteiger partial charge >= 0.3 is 0 Å². The molecule has 9 nitrogen and oxygen atoms in total. The standard InChI is InChI=1S/C54H65N3O6/c1-9-37-17-19-41(20-18-37)39(10-2)27-38-15-13-16-49(58)45-29-50(60-7)52(31-47(45)56-33-38)62-25-14-26-63-53-32-48-46(30-51(53)61-8)54(59)36(6)35(5)43(34-57-48)28-40(11-3)42-21-23-44(24-22-42)55-12-4/h10-11,17-24,29-36,38,43,55H,9,12-16,25-28H2,1-8H3/b39-10+,40-11+,56-33?,57-34?. The zero-order valence-electron chi connectivity index (χ0n) is 38.5. The third-order valence-corrected chi connectivity index (χ3v) is 12.6. The maximum Gasteiger partial charge on any atom is 0.168 e. The number of hydrogen-bond acceptors (Lipinski definition) is 9. The van der Waals surface area contributed by atoms with Crippen LogP contribution in [-0.4, -0.2) is 58.0 Å². The van der Waals surface area contributed by atoms with E-state index >= 15 is 0 Å². The van der Waals surface area contributed by atoms with Crippen molar-refractivity contribution < 1.29 is 28.5 Å². The number of hydrogen-bond donors (Lipinski definition) is 1. The summed E-state index contributed by atoms with van der Waals surface area (Å²) in [6, 6.07) is 24.4. The first kappa shape index (κ1) is 46.5. The highest BCUT2D eigenvalue weighted by Gasteiger charge is 2.32. The number of nitrogens with zero attached hydrogens (tertiary/aromatic N) is 2. The van der Waals surface area contributed by atoms with Gasteiger partial charge in [-0.1, -0.05) is 69.3 Å². The summed E-state index contributed by atoms with van der Waals surface area (Å²) in [4.78, 5) is 37.3. The Balaban J connectivity index is 1.13. The molecule has 0 aliphatic carbocycles. The average molecular weight is 852 g/mol. The van der Waals surface area contributed by atoms with E-state index in [1.807, 2.05) is 31.5 Å². The van der Waals surface area contributed by atoms with Crippen LogP contribution in [0, 0.1) is 23.7 Å². The molecule has 0 radical (unpaired) electrons. The van der Waals surface area contributed by atoms with Crippen molar-refractivity contribution in [3.05, 3.63) is 113 Å². The van der Waals surface area contributed by atoms with Crippen LogP contribution in [0.1, 0.15) is 117 Å². The third-order valence-electron chi connectivity index (χ3n) is 12.6. The quantitative estimate of drug-likeness (QED) is 0.105.